The number of carbonyl (C=O) groups excluding carboxylic acids is 1. The van der Waals surface area contributed by atoms with Crippen molar-refractivity contribution >= 4 is 18.3 Å². The van der Waals surface area contributed by atoms with E-state index in [1.54, 1.807) is 0 Å². The van der Waals surface area contributed by atoms with E-state index >= 15 is 0 Å². The van der Waals surface area contributed by atoms with Gasteiger partial charge in [0, 0.05) is 13.0 Å². The predicted molar refractivity (Wildman–Crippen MR) is 56.5 cm³/mol. The Morgan fingerprint density at radius 2 is 2.00 bits per heavy atom. The highest BCUT2D eigenvalue weighted by Gasteiger charge is 2.25. The van der Waals surface area contributed by atoms with E-state index in [4.69, 9.17) is 0 Å². The number of amides is 1. The zero-order valence-electron chi connectivity index (χ0n) is 8.71. The molecule has 0 saturated carbocycles. The van der Waals surface area contributed by atoms with Crippen LogP contribution in [-0.4, -0.2) is 42.9 Å². The van der Waals surface area contributed by atoms with Crippen molar-refractivity contribution in [2.75, 3.05) is 19.6 Å². The van der Waals surface area contributed by atoms with Gasteiger partial charge < -0.3 is 10.2 Å². The van der Waals surface area contributed by atoms with Gasteiger partial charge in [0.05, 0.1) is 6.54 Å². The first-order valence-electron chi connectivity index (χ1n) is 4.87. The van der Waals surface area contributed by atoms with Crippen molar-refractivity contribution in [3.8, 4) is 0 Å². The van der Waals surface area contributed by atoms with Crippen molar-refractivity contribution in [2.24, 2.45) is 0 Å². The van der Waals surface area contributed by atoms with Gasteiger partial charge in [-0.2, -0.15) is 0 Å². The lowest BCUT2D eigenvalue weighted by molar-refractivity contribution is -0.134. The summed E-state index contributed by atoms with van der Waals surface area (Å²) in [5, 5.41) is 3.14. The fourth-order valence-corrected chi connectivity index (χ4v) is 1.80. The van der Waals surface area contributed by atoms with Crippen molar-refractivity contribution in [1.29, 1.82) is 0 Å². The smallest absolute Gasteiger partial charge is 0.255 e. The van der Waals surface area contributed by atoms with E-state index in [2.05, 4.69) is 5.32 Å². The Morgan fingerprint density at radius 3 is 2.40 bits per heavy atom. The fraction of sp³-hybridized carbons (Fsp3) is 0.889. The Labute approximate surface area is 94.6 Å². The summed E-state index contributed by atoms with van der Waals surface area (Å²) >= 11 is 0. The Morgan fingerprint density at radius 1 is 1.47 bits per heavy atom. The van der Waals surface area contributed by atoms with Gasteiger partial charge in [0.15, 0.2) is 0 Å². The third kappa shape index (κ3) is 4.75. The molecule has 0 unspecified atom stereocenters. The highest BCUT2D eigenvalue weighted by atomic mass is 35.5. The molecule has 6 heteroatoms. The van der Waals surface area contributed by atoms with Crippen LogP contribution in [0.2, 0.25) is 0 Å². The van der Waals surface area contributed by atoms with Crippen LogP contribution < -0.4 is 5.32 Å². The summed E-state index contributed by atoms with van der Waals surface area (Å²) in [6.07, 6.45) is -0.896. The minimum absolute atomic E-state index is 0. The van der Waals surface area contributed by atoms with Crippen LogP contribution in [0, 0.1) is 0 Å². The van der Waals surface area contributed by atoms with Gasteiger partial charge in [0.1, 0.15) is 0 Å². The Balaban J connectivity index is 0.00000196. The van der Waals surface area contributed by atoms with Crippen molar-refractivity contribution in [3.63, 3.8) is 0 Å². The second-order valence-corrected chi connectivity index (χ2v) is 3.54. The predicted octanol–water partition coefficient (Wildman–Crippen LogP) is 1.27. The number of halogens is 3. The maximum atomic E-state index is 12.2. The molecule has 0 aromatic carbocycles. The van der Waals surface area contributed by atoms with Crippen LogP contribution in [0.3, 0.4) is 0 Å². The molecule has 1 N–H and O–H groups in total. The third-order valence-electron chi connectivity index (χ3n) is 2.49. The fourth-order valence-electron chi connectivity index (χ4n) is 1.80. The molecule has 0 aromatic heterocycles. The van der Waals surface area contributed by atoms with Crippen molar-refractivity contribution in [3.05, 3.63) is 0 Å². The number of alkyl halides is 2. The van der Waals surface area contributed by atoms with Gasteiger partial charge in [0.25, 0.3) is 6.43 Å². The average Bonchev–Trinajstić information content (AvgIpc) is 2.15. The van der Waals surface area contributed by atoms with Crippen LogP contribution in [0.1, 0.15) is 19.8 Å². The zero-order chi connectivity index (χ0) is 10.6. The normalized spacial score (nSPS) is 17.3. The lowest BCUT2D eigenvalue weighted by Gasteiger charge is -2.33. The van der Waals surface area contributed by atoms with Gasteiger partial charge in [-0.05, 0) is 25.9 Å². The van der Waals surface area contributed by atoms with Gasteiger partial charge in [-0.25, -0.2) is 8.78 Å². The SMILES string of the molecule is CC(=O)N(CC(F)F)C1CCNCC1.Cl. The second kappa shape index (κ2) is 6.95. The van der Waals surface area contributed by atoms with Crippen molar-refractivity contribution in [2.45, 2.75) is 32.2 Å². The summed E-state index contributed by atoms with van der Waals surface area (Å²) < 4.78 is 24.4. The summed E-state index contributed by atoms with van der Waals surface area (Å²) in [4.78, 5) is 12.4. The molecule has 0 atom stereocenters. The van der Waals surface area contributed by atoms with Crippen LogP contribution >= 0.6 is 12.4 Å². The molecule has 0 aliphatic carbocycles. The number of carbonyl (C=O) groups is 1. The van der Waals surface area contributed by atoms with Crippen molar-refractivity contribution < 1.29 is 13.6 Å². The maximum absolute atomic E-state index is 12.2. The lowest BCUT2D eigenvalue weighted by Crippen LogP contribution is -2.47. The highest BCUT2D eigenvalue weighted by molar-refractivity contribution is 5.85. The molecule has 1 aliphatic heterocycles. The third-order valence-corrected chi connectivity index (χ3v) is 2.49. The molecule has 0 radical (unpaired) electrons. The molecule has 90 valence electrons. The van der Waals surface area contributed by atoms with Crippen molar-refractivity contribution in [1.82, 2.24) is 10.2 Å². The van der Waals surface area contributed by atoms with Crippen LogP contribution in [0.15, 0.2) is 0 Å². The molecular weight excluding hydrogens is 226 g/mol. The van der Waals surface area contributed by atoms with E-state index in [-0.39, 0.29) is 24.4 Å². The Bertz CT molecular complexity index is 199. The molecular formula is C9H17ClF2N2O. The van der Waals surface area contributed by atoms with E-state index in [9.17, 15) is 13.6 Å². The summed E-state index contributed by atoms with van der Waals surface area (Å²) in [6, 6.07) is -0.0113. The highest BCUT2D eigenvalue weighted by Crippen LogP contribution is 2.13. The second-order valence-electron chi connectivity index (χ2n) is 3.54. The van der Waals surface area contributed by atoms with Gasteiger partial charge >= 0.3 is 0 Å². The average molecular weight is 243 g/mol. The molecule has 0 spiro atoms. The standard InChI is InChI=1S/C9H16F2N2O.ClH/c1-7(14)13(6-9(10)11)8-2-4-12-5-3-8;/h8-9,12H,2-6H2,1H3;1H. The Hall–Kier alpha value is -0.420. The quantitative estimate of drug-likeness (QED) is 0.809. The molecule has 1 heterocycles. The first-order valence-corrected chi connectivity index (χ1v) is 4.87. The monoisotopic (exact) mass is 242 g/mol. The molecule has 3 nitrogen and oxygen atoms in total. The number of piperidine rings is 1. The molecule has 1 saturated heterocycles. The molecule has 15 heavy (non-hydrogen) atoms. The summed E-state index contributed by atoms with van der Waals surface area (Å²) in [5.74, 6) is -0.253. The summed E-state index contributed by atoms with van der Waals surface area (Å²) in [5.41, 5.74) is 0. The summed E-state index contributed by atoms with van der Waals surface area (Å²) in [7, 11) is 0. The van der Waals surface area contributed by atoms with E-state index in [1.807, 2.05) is 0 Å². The first-order chi connectivity index (χ1) is 6.61. The summed E-state index contributed by atoms with van der Waals surface area (Å²) in [6.45, 7) is 2.53. The van der Waals surface area contributed by atoms with Crippen LogP contribution in [-0.2, 0) is 4.79 Å². The molecule has 0 aromatic rings. The van der Waals surface area contributed by atoms with Crippen LogP contribution in [0.25, 0.3) is 0 Å². The molecule has 1 aliphatic rings. The largest absolute Gasteiger partial charge is 0.334 e. The number of rotatable bonds is 3. The molecule has 1 rings (SSSR count). The lowest BCUT2D eigenvalue weighted by atomic mass is 10.0. The van der Waals surface area contributed by atoms with Gasteiger partial charge in [-0.3, -0.25) is 4.79 Å². The zero-order valence-corrected chi connectivity index (χ0v) is 9.53. The van der Waals surface area contributed by atoms with E-state index < -0.39 is 13.0 Å². The minimum atomic E-state index is -2.44. The van der Waals surface area contributed by atoms with Crippen LogP contribution in [0.5, 0.6) is 0 Å². The molecule has 1 amide bonds. The van der Waals surface area contributed by atoms with E-state index in [0.717, 1.165) is 25.9 Å². The van der Waals surface area contributed by atoms with Crippen LogP contribution in [0.4, 0.5) is 8.78 Å². The van der Waals surface area contributed by atoms with Gasteiger partial charge in [-0.15, -0.1) is 12.4 Å². The number of hydrogen-bond donors (Lipinski definition) is 1. The van der Waals surface area contributed by atoms with E-state index in [0.29, 0.717) is 0 Å². The maximum Gasteiger partial charge on any atom is 0.255 e. The molecule has 1 fully saturated rings. The topological polar surface area (TPSA) is 32.3 Å². The number of hydrogen-bond acceptors (Lipinski definition) is 2. The first kappa shape index (κ1) is 14.6. The van der Waals surface area contributed by atoms with Gasteiger partial charge in [-0.1, -0.05) is 0 Å². The van der Waals surface area contributed by atoms with Gasteiger partial charge in [0.2, 0.25) is 5.91 Å². The Kier molecular flexibility index (Phi) is 6.76. The minimum Gasteiger partial charge on any atom is -0.334 e. The molecule has 0 bridgehead atoms. The van der Waals surface area contributed by atoms with E-state index in [1.165, 1.54) is 11.8 Å². The number of nitrogens with one attached hydrogen (secondary N) is 1. The number of nitrogens with zero attached hydrogens (tertiary/aromatic N) is 1.